The van der Waals surface area contributed by atoms with E-state index in [1.165, 1.54) is 20.3 Å². The van der Waals surface area contributed by atoms with Gasteiger partial charge in [-0.1, -0.05) is 0 Å². The van der Waals surface area contributed by atoms with Crippen LogP contribution in [0.15, 0.2) is 23.3 Å². The molecule has 1 saturated carbocycles. The molecule has 1 N–H and O–H groups in total. The molecule has 0 radical (unpaired) electrons. The Hall–Kier alpha value is -2.29. The first-order chi connectivity index (χ1) is 11.8. The lowest BCUT2D eigenvalue weighted by molar-refractivity contribution is -0.119. The summed E-state index contributed by atoms with van der Waals surface area (Å²) in [5, 5.41) is 4.06. The van der Waals surface area contributed by atoms with Gasteiger partial charge in [-0.3, -0.25) is 9.10 Å². The zero-order chi connectivity index (χ0) is 18.4. The van der Waals surface area contributed by atoms with Crippen LogP contribution in [-0.2, 0) is 14.8 Å². The van der Waals surface area contributed by atoms with Gasteiger partial charge in [0, 0.05) is 11.8 Å². The van der Waals surface area contributed by atoms with Crippen molar-refractivity contribution in [2.75, 3.05) is 31.3 Å². The van der Waals surface area contributed by atoms with Crippen molar-refractivity contribution in [1.29, 1.82) is 0 Å². The average molecular weight is 369 g/mol. The standard InChI is InChI=1S/C16H23N3O5S/c1-23-14-9-8-13(10-15(14)24-2)19(25(3,21)22)11-16(20)18-17-12-6-4-5-7-12/h8-10H,4-7,11H2,1-3H3,(H,18,20). The number of carbonyl (C=O) groups excluding carboxylic acids is 1. The maximum absolute atomic E-state index is 12.1. The van der Waals surface area contributed by atoms with Crippen LogP contribution >= 0.6 is 0 Å². The third-order valence-electron chi connectivity index (χ3n) is 3.86. The summed E-state index contributed by atoms with van der Waals surface area (Å²) in [6, 6.07) is 4.65. The molecule has 8 nitrogen and oxygen atoms in total. The molecular weight excluding hydrogens is 346 g/mol. The van der Waals surface area contributed by atoms with Crippen molar-refractivity contribution in [2.45, 2.75) is 25.7 Å². The van der Waals surface area contributed by atoms with Crippen molar-refractivity contribution < 1.29 is 22.7 Å². The maximum atomic E-state index is 12.1. The molecule has 0 bridgehead atoms. The van der Waals surface area contributed by atoms with E-state index in [0.29, 0.717) is 17.2 Å². The molecule has 1 aliphatic carbocycles. The van der Waals surface area contributed by atoms with Crippen molar-refractivity contribution in [3.05, 3.63) is 18.2 Å². The van der Waals surface area contributed by atoms with Crippen molar-refractivity contribution in [2.24, 2.45) is 5.10 Å². The molecule has 1 amide bonds. The summed E-state index contributed by atoms with van der Waals surface area (Å²) in [5.74, 6) is 0.344. The number of nitrogens with zero attached hydrogens (tertiary/aromatic N) is 2. The molecule has 0 spiro atoms. The van der Waals surface area contributed by atoms with E-state index in [1.807, 2.05) is 0 Å². The van der Waals surface area contributed by atoms with Gasteiger partial charge in [0.05, 0.1) is 26.2 Å². The van der Waals surface area contributed by atoms with Crippen LogP contribution in [-0.4, -0.2) is 47.1 Å². The first kappa shape index (κ1) is 19.0. The Bertz CT molecular complexity index is 753. The van der Waals surface area contributed by atoms with E-state index in [-0.39, 0.29) is 6.54 Å². The fourth-order valence-corrected chi connectivity index (χ4v) is 3.43. The summed E-state index contributed by atoms with van der Waals surface area (Å²) in [5.41, 5.74) is 3.68. The summed E-state index contributed by atoms with van der Waals surface area (Å²) in [4.78, 5) is 12.1. The van der Waals surface area contributed by atoms with E-state index in [0.717, 1.165) is 42.0 Å². The molecule has 1 aromatic carbocycles. The third-order valence-corrected chi connectivity index (χ3v) is 5.00. The second kappa shape index (κ2) is 8.19. The number of amides is 1. The Kier molecular flexibility index (Phi) is 6.24. The Morgan fingerprint density at radius 1 is 1.20 bits per heavy atom. The van der Waals surface area contributed by atoms with Gasteiger partial charge in [0.15, 0.2) is 11.5 Å². The molecular formula is C16H23N3O5S. The highest BCUT2D eigenvalue weighted by molar-refractivity contribution is 7.92. The number of ether oxygens (including phenoxy) is 2. The van der Waals surface area contributed by atoms with Crippen LogP contribution in [0.3, 0.4) is 0 Å². The smallest absolute Gasteiger partial charge is 0.260 e. The van der Waals surface area contributed by atoms with Gasteiger partial charge in [-0.05, 0) is 37.8 Å². The van der Waals surface area contributed by atoms with Crippen LogP contribution in [0.2, 0.25) is 0 Å². The largest absolute Gasteiger partial charge is 0.493 e. The van der Waals surface area contributed by atoms with Crippen LogP contribution in [0.25, 0.3) is 0 Å². The van der Waals surface area contributed by atoms with E-state index in [2.05, 4.69) is 10.5 Å². The highest BCUT2D eigenvalue weighted by Crippen LogP contribution is 2.32. The zero-order valence-corrected chi connectivity index (χ0v) is 15.4. The Morgan fingerprint density at radius 2 is 1.84 bits per heavy atom. The van der Waals surface area contributed by atoms with E-state index in [4.69, 9.17) is 9.47 Å². The summed E-state index contributed by atoms with van der Waals surface area (Å²) < 4.78 is 35.6. The van der Waals surface area contributed by atoms with Gasteiger partial charge in [0.1, 0.15) is 6.54 Å². The minimum Gasteiger partial charge on any atom is -0.493 e. The van der Waals surface area contributed by atoms with Gasteiger partial charge in [-0.15, -0.1) is 0 Å². The lowest BCUT2D eigenvalue weighted by Crippen LogP contribution is -2.39. The van der Waals surface area contributed by atoms with Crippen LogP contribution < -0.4 is 19.2 Å². The first-order valence-electron chi connectivity index (χ1n) is 7.89. The fourth-order valence-electron chi connectivity index (χ4n) is 2.58. The molecule has 1 aromatic rings. The van der Waals surface area contributed by atoms with Crippen molar-refractivity contribution >= 4 is 27.3 Å². The number of sulfonamides is 1. The number of carbonyl (C=O) groups is 1. The normalized spacial score (nSPS) is 14.1. The number of methoxy groups -OCH3 is 2. The lowest BCUT2D eigenvalue weighted by atomic mass is 10.2. The third kappa shape index (κ3) is 5.09. The number of benzene rings is 1. The Morgan fingerprint density at radius 3 is 2.40 bits per heavy atom. The van der Waals surface area contributed by atoms with Gasteiger partial charge in [-0.25, -0.2) is 13.8 Å². The van der Waals surface area contributed by atoms with Gasteiger partial charge in [-0.2, -0.15) is 5.10 Å². The van der Waals surface area contributed by atoms with Crippen molar-refractivity contribution in [1.82, 2.24) is 5.43 Å². The molecule has 0 heterocycles. The van der Waals surface area contributed by atoms with Crippen LogP contribution in [0.4, 0.5) is 5.69 Å². The minimum absolute atomic E-state index is 0.309. The second-order valence-corrected chi connectivity index (χ2v) is 7.64. The van der Waals surface area contributed by atoms with E-state index in [1.54, 1.807) is 12.1 Å². The van der Waals surface area contributed by atoms with E-state index in [9.17, 15) is 13.2 Å². The van der Waals surface area contributed by atoms with Crippen LogP contribution in [0.5, 0.6) is 11.5 Å². The molecule has 1 fully saturated rings. The van der Waals surface area contributed by atoms with Crippen LogP contribution in [0.1, 0.15) is 25.7 Å². The lowest BCUT2D eigenvalue weighted by Gasteiger charge is -2.22. The minimum atomic E-state index is -3.67. The van der Waals surface area contributed by atoms with E-state index < -0.39 is 15.9 Å². The summed E-state index contributed by atoms with van der Waals surface area (Å²) in [7, 11) is -0.724. The van der Waals surface area contributed by atoms with Gasteiger partial charge in [0.25, 0.3) is 5.91 Å². The molecule has 0 atom stereocenters. The number of rotatable bonds is 7. The van der Waals surface area contributed by atoms with Crippen molar-refractivity contribution in [3.8, 4) is 11.5 Å². The van der Waals surface area contributed by atoms with E-state index >= 15 is 0 Å². The monoisotopic (exact) mass is 369 g/mol. The molecule has 138 valence electrons. The molecule has 0 aromatic heterocycles. The molecule has 0 aliphatic heterocycles. The topological polar surface area (TPSA) is 97.3 Å². The maximum Gasteiger partial charge on any atom is 0.260 e. The van der Waals surface area contributed by atoms with Crippen molar-refractivity contribution in [3.63, 3.8) is 0 Å². The highest BCUT2D eigenvalue weighted by atomic mass is 32.2. The summed E-state index contributed by atoms with van der Waals surface area (Å²) in [6.07, 6.45) is 4.91. The SMILES string of the molecule is COc1ccc(N(CC(=O)NN=C2CCCC2)S(C)(=O)=O)cc1OC. The second-order valence-electron chi connectivity index (χ2n) is 5.73. The predicted octanol–water partition coefficient (Wildman–Crippen LogP) is 1.52. The number of hydrazone groups is 1. The molecule has 9 heteroatoms. The first-order valence-corrected chi connectivity index (χ1v) is 9.74. The number of hydrogen-bond donors (Lipinski definition) is 1. The number of nitrogens with one attached hydrogen (secondary N) is 1. The predicted molar refractivity (Wildman–Crippen MR) is 95.8 cm³/mol. The van der Waals surface area contributed by atoms with Gasteiger partial charge < -0.3 is 9.47 Å². The summed E-state index contributed by atoms with van der Waals surface area (Å²) >= 11 is 0. The Labute approximate surface area is 147 Å². The van der Waals surface area contributed by atoms with Crippen LogP contribution in [0, 0.1) is 0 Å². The average Bonchev–Trinajstić information content (AvgIpc) is 3.09. The molecule has 2 rings (SSSR count). The zero-order valence-electron chi connectivity index (χ0n) is 14.6. The number of anilines is 1. The molecule has 0 saturated heterocycles. The highest BCUT2D eigenvalue weighted by Gasteiger charge is 2.22. The van der Waals surface area contributed by atoms with Gasteiger partial charge >= 0.3 is 0 Å². The molecule has 0 unspecified atom stereocenters. The molecule has 1 aliphatic rings. The molecule has 25 heavy (non-hydrogen) atoms. The summed E-state index contributed by atoms with van der Waals surface area (Å²) in [6.45, 7) is -0.370. The van der Waals surface area contributed by atoms with Gasteiger partial charge in [0.2, 0.25) is 10.0 Å². The number of hydrogen-bond acceptors (Lipinski definition) is 6. The Balaban J connectivity index is 2.19. The quantitative estimate of drug-likeness (QED) is 0.735. The fraction of sp³-hybridized carbons (Fsp3) is 0.500.